The van der Waals surface area contributed by atoms with Gasteiger partial charge in [0.1, 0.15) is 5.75 Å². The number of carbonyl (C=O) groups is 2. The van der Waals surface area contributed by atoms with Crippen molar-refractivity contribution in [2.75, 3.05) is 6.61 Å². The third kappa shape index (κ3) is 4.57. The summed E-state index contributed by atoms with van der Waals surface area (Å²) in [4.78, 5) is 24.1. The van der Waals surface area contributed by atoms with E-state index in [2.05, 4.69) is 0 Å². The standard InChI is InChI=1S/C16H14O4S/c1-2-19-16(18)12-5-7-13(8-6-12)20-15(17)10-9-14-4-3-11-21-14/h3-11H,2H2,1H3/b10-9+. The maximum atomic E-state index is 11.6. The molecule has 0 spiro atoms. The second kappa shape index (κ2) is 7.40. The summed E-state index contributed by atoms with van der Waals surface area (Å²) >= 11 is 1.54. The van der Waals surface area contributed by atoms with Crippen LogP contribution in [0, 0.1) is 0 Å². The van der Waals surface area contributed by atoms with Gasteiger partial charge < -0.3 is 9.47 Å². The predicted molar refractivity (Wildman–Crippen MR) is 81.4 cm³/mol. The van der Waals surface area contributed by atoms with Crippen molar-refractivity contribution >= 4 is 29.4 Å². The van der Waals surface area contributed by atoms with Gasteiger partial charge in [0, 0.05) is 11.0 Å². The van der Waals surface area contributed by atoms with Crippen LogP contribution >= 0.6 is 11.3 Å². The van der Waals surface area contributed by atoms with Crippen molar-refractivity contribution in [3.8, 4) is 5.75 Å². The molecule has 4 nitrogen and oxygen atoms in total. The van der Waals surface area contributed by atoms with E-state index >= 15 is 0 Å². The van der Waals surface area contributed by atoms with Gasteiger partial charge in [0.2, 0.25) is 0 Å². The fraction of sp³-hybridized carbons (Fsp3) is 0.125. The van der Waals surface area contributed by atoms with E-state index in [-0.39, 0.29) is 0 Å². The quantitative estimate of drug-likeness (QED) is 0.481. The molecule has 0 radical (unpaired) electrons. The van der Waals surface area contributed by atoms with Crippen molar-refractivity contribution in [3.63, 3.8) is 0 Å². The Kier molecular flexibility index (Phi) is 5.29. The van der Waals surface area contributed by atoms with Gasteiger partial charge in [0.15, 0.2) is 0 Å². The molecule has 0 saturated carbocycles. The number of hydrogen-bond acceptors (Lipinski definition) is 5. The number of esters is 2. The first-order chi connectivity index (χ1) is 10.2. The maximum absolute atomic E-state index is 11.6. The molecule has 0 atom stereocenters. The zero-order valence-electron chi connectivity index (χ0n) is 11.4. The molecule has 0 amide bonds. The summed E-state index contributed by atoms with van der Waals surface area (Å²) in [5.74, 6) is -0.482. The van der Waals surface area contributed by atoms with Gasteiger partial charge >= 0.3 is 11.9 Å². The van der Waals surface area contributed by atoms with Crippen LogP contribution < -0.4 is 4.74 Å². The Morgan fingerprint density at radius 3 is 2.57 bits per heavy atom. The molecule has 1 aromatic carbocycles. The average Bonchev–Trinajstić information content (AvgIpc) is 2.99. The monoisotopic (exact) mass is 302 g/mol. The smallest absolute Gasteiger partial charge is 0.338 e. The molecular weight excluding hydrogens is 288 g/mol. The summed E-state index contributed by atoms with van der Waals surface area (Å²) in [6.07, 6.45) is 3.06. The average molecular weight is 302 g/mol. The lowest BCUT2D eigenvalue weighted by atomic mass is 10.2. The Balaban J connectivity index is 1.94. The maximum Gasteiger partial charge on any atom is 0.338 e. The van der Waals surface area contributed by atoms with Gasteiger partial charge in [-0.05, 0) is 48.7 Å². The third-order valence-electron chi connectivity index (χ3n) is 2.51. The van der Waals surface area contributed by atoms with Crippen LogP contribution in [0.2, 0.25) is 0 Å². The van der Waals surface area contributed by atoms with Crippen molar-refractivity contribution in [2.24, 2.45) is 0 Å². The van der Waals surface area contributed by atoms with Crippen molar-refractivity contribution in [1.82, 2.24) is 0 Å². The topological polar surface area (TPSA) is 52.6 Å². The third-order valence-corrected chi connectivity index (χ3v) is 3.35. The van der Waals surface area contributed by atoms with Crippen molar-refractivity contribution in [1.29, 1.82) is 0 Å². The highest BCUT2D eigenvalue weighted by molar-refractivity contribution is 7.10. The number of rotatable bonds is 5. The van der Waals surface area contributed by atoms with Gasteiger partial charge in [-0.2, -0.15) is 0 Å². The summed E-state index contributed by atoms with van der Waals surface area (Å²) in [5, 5.41) is 1.93. The van der Waals surface area contributed by atoms with Gasteiger partial charge in [-0.1, -0.05) is 6.07 Å². The van der Waals surface area contributed by atoms with Crippen LogP contribution in [0.5, 0.6) is 5.75 Å². The molecule has 2 aromatic rings. The van der Waals surface area contributed by atoms with E-state index in [9.17, 15) is 9.59 Å². The molecule has 5 heteroatoms. The van der Waals surface area contributed by atoms with Gasteiger partial charge in [-0.15, -0.1) is 11.3 Å². The Labute approximate surface area is 126 Å². The van der Waals surface area contributed by atoms with E-state index < -0.39 is 11.9 Å². The Morgan fingerprint density at radius 1 is 1.19 bits per heavy atom. The van der Waals surface area contributed by atoms with Crippen LogP contribution in [0.4, 0.5) is 0 Å². The molecule has 1 aromatic heterocycles. The van der Waals surface area contributed by atoms with Gasteiger partial charge in [0.25, 0.3) is 0 Å². The van der Waals surface area contributed by atoms with Crippen LogP contribution in [0.15, 0.2) is 47.9 Å². The van der Waals surface area contributed by atoms with Crippen molar-refractivity contribution in [3.05, 3.63) is 58.3 Å². The summed E-state index contributed by atoms with van der Waals surface area (Å²) in [6, 6.07) is 10.0. The van der Waals surface area contributed by atoms with Crippen LogP contribution in [-0.4, -0.2) is 18.5 Å². The molecule has 0 bridgehead atoms. The minimum Gasteiger partial charge on any atom is -0.462 e. The molecule has 108 valence electrons. The first-order valence-corrected chi connectivity index (χ1v) is 7.27. The molecule has 0 aliphatic rings. The van der Waals surface area contributed by atoms with Gasteiger partial charge in [0.05, 0.1) is 12.2 Å². The Morgan fingerprint density at radius 2 is 1.95 bits per heavy atom. The molecule has 0 unspecified atom stereocenters. The lowest BCUT2D eigenvalue weighted by Crippen LogP contribution is -2.06. The fourth-order valence-electron chi connectivity index (χ4n) is 1.56. The van der Waals surface area contributed by atoms with Crippen molar-refractivity contribution in [2.45, 2.75) is 6.92 Å². The van der Waals surface area contributed by atoms with E-state index in [1.54, 1.807) is 37.3 Å². The molecule has 0 saturated heterocycles. The number of thiophene rings is 1. The van der Waals surface area contributed by atoms with Crippen molar-refractivity contribution < 1.29 is 19.1 Å². The predicted octanol–water partition coefficient (Wildman–Crippen LogP) is 3.54. The first kappa shape index (κ1) is 15.0. The van der Waals surface area contributed by atoms with Crippen LogP contribution in [0.25, 0.3) is 6.08 Å². The van der Waals surface area contributed by atoms with E-state index in [4.69, 9.17) is 9.47 Å². The zero-order valence-corrected chi connectivity index (χ0v) is 12.3. The molecule has 0 fully saturated rings. The lowest BCUT2D eigenvalue weighted by Gasteiger charge is -2.03. The fourth-order valence-corrected chi connectivity index (χ4v) is 2.18. The minimum atomic E-state index is -0.465. The lowest BCUT2D eigenvalue weighted by molar-refractivity contribution is -0.128. The highest BCUT2D eigenvalue weighted by Gasteiger charge is 2.07. The number of hydrogen-bond donors (Lipinski definition) is 0. The molecule has 1 heterocycles. The zero-order chi connectivity index (χ0) is 15.1. The highest BCUT2D eigenvalue weighted by atomic mass is 32.1. The van der Waals surface area contributed by atoms with E-state index in [1.165, 1.54) is 17.4 Å². The van der Waals surface area contributed by atoms with E-state index in [0.29, 0.717) is 17.9 Å². The molecular formula is C16H14O4S. The number of ether oxygens (including phenoxy) is 2. The molecule has 0 aliphatic heterocycles. The van der Waals surface area contributed by atoms with Crippen LogP contribution in [0.1, 0.15) is 22.2 Å². The molecule has 2 rings (SSSR count). The van der Waals surface area contributed by atoms with E-state index in [1.807, 2.05) is 17.5 Å². The summed E-state index contributed by atoms with van der Waals surface area (Å²) in [6.45, 7) is 2.07. The van der Waals surface area contributed by atoms with Gasteiger partial charge in [-0.25, -0.2) is 9.59 Å². The largest absolute Gasteiger partial charge is 0.462 e. The SMILES string of the molecule is CCOC(=O)c1ccc(OC(=O)/C=C/c2cccs2)cc1. The molecule has 0 N–H and O–H groups in total. The molecule has 0 aliphatic carbocycles. The highest BCUT2D eigenvalue weighted by Crippen LogP contribution is 2.14. The second-order valence-corrected chi connectivity index (χ2v) is 4.99. The molecule has 21 heavy (non-hydrogen) atoms. The van der Waals surface area contributed by atoms with Gasteiger partial charge in [-0.3, -0.25) is 0 Å². The van der Waals surface area contributed by atoms with Crippen LogP contribution in [-0.2, 0) is 9.53 Å². The second-order valence-electron chi connectivity index (χ2n) is 4.01. The number of carbonyl (C=O) groups excluding carboxylic acids is 2. The van der Waals surface area contributed by atoms with E-state index in [0.717, 1.165) is 4.88 Å². The Bertz CT molecular complexity index is 627. The summed E-state index contributed by atoms with van der Waals surface area (Å²) in [7, 11) is 0. The minimum absolute atomic E-state index is 0.323. The summed E-state index contributed by atoms with van der Waals surface area (Å²) < 4.78 is 10.0. The number of benzene rings is 1. The first-order valence-electron chi connectivity index (χ1n) is 6.39. The summed E-state index contributed by atoms with van der Waals surface area (Å²) in [5.41, 5.74) is 0.422. The normalized spacial score (nSPS) is 10.5. The van der Waals surface area contributed by atoms with Crippen LogP contribution in [0.3, 0.4) is 0 Å². The Hall–Kier alpha value is -2.40.